The van der Waals surface area contributed by atoms with Crippen LogP contribution >= 0.6 is 16.5 Å². The molecule has 8 aliphatic carbocycles. The van der Waals surface area contributed by atoms with E-state index in [2.05, 4.69) is 45.0 Å². The van der Waals surface area contributed by atoms with Crippen molar-refractivity contribution in [2.45, 2.75) is 108 Å². The Morgan fingerprint density at radius 1 is 0.703 bits per heavy atom. The normalized spacial score (nSPS) is 42.9. The summed E-state index contributed by atoms with van der Waals surface area (Å²) < 4.78 is 0. The van der Waals surface area contributed by atoms with Crippen LogP contribution in [-0.2, 0) is 0 Å². The van der Waals surface area contributed by atoms with Gasteiger partial charge in [-0.25, -0.2) is 9.97 Å². The molecule has 1 heterocycles. The second kappa shape index (κ2) is 8.46. The molecule has 1 aromatic heterocycles. The van der Waals surface area contributed by atoms with Gasteiger partial charge in [0.25, 0.3) is 0 Å². The standard InChI is InChI=1S/C33H46N2P2/c1-31(2,3)20-36-29-30(35-28-7-5-4-6-27(28)34-29)37(32-14-21-8-22(15-32)10-23(9-21)16-32)33-17-24-11-25(18-33)13-26(12-24)19-33/h4-7,21-26,36H,8-20H2,1-3H3. The number of hydrogen-bond acceptors (Lipinski definition) is 2. The number of hydrogen-bond donors (Lipinski definition) is 0. The zero-order valence-corrected chi connectivity index (χ0v) is 25.2. The maximum absolute atomic E-state index is 5.76. The van der Waals surface area contributed by atoms with Gasteiger partial charge in [-0.1, -0.05) is 41.5 Å². The summed E-state index contributed by atoms with van der Waals surface area (Å²) in [6.07, 6.45) is 19.7. The number of benzene rings is 1. The lowest BCUT2D eigenvalue weighted by Gasteiger charge is -2.67. The molecule has 8 bridgehead atoms. The summed E-state index contributed by atoms with van der Waals surface area (Å²) in [6, 6.07) is 8.83. The van der Waals surface area contributed by atoms with E-state index in [9.17, 15) is 0 Å². The molecule has 0 N–H and O–H groups in total. The van der Waals surface area contributed by atoms with E-state index in [1.165, 1.54) is 55.6 Å². The van der Waals surface area contributed by atoms with Crippen LogP contribution in [0.4, 0.5) is 0 Å². The molecule has 1 atom stereocenters. The van der Waals surface area contributed by atoms with Gasteiger partial charge in [-0.15, -0.1) is 0 Å². The highest BCUT2D eigenvalue weighted by Crippen LogP contribution is 2.78. The summed E-state index contributed by atoms with van der Waals surface area (Å²) in [4.78, 5) is 11.3. The third-order valence-corrected chi connectivity index (χ3v) is 17.4. The number of fused-ring (bicyclic) bond motifs is 1. The summed E-state index contributed by atoms with van der Waals surface area (Å²) >= 11 is 0. The molecule has 0 aliphatic heterocycles. The molecule has 10 rings (SSSR count). The predicted molar refractivity (Wildman–Crippen MR) is 160 cm³/mol. The molecule has 0 saturated heterocycles. The third-order valence-electron chi connectivity index (χ3n) is 11.5. The monoisotopic (exact) mass is 532 g/mol. The summed E-state index contributed by atoms with van der Waals surface area (Å²) in [5.74, 6) is 6.08. The van der Waals surface area contributed by atoms with Crippen molar-refractivity contribution in [3.63, 3.8) is 0 Å². The fourth-order valence-electron chi connectivity index (χ4n) is 11.2. The van der Waals surface area contributed by atoms with Crippen molar-refractivity contribution in [3.05, 3.63) is 24.3 Å². The molecule has 4 heteroatoms. The second-order valence-electron chi connectivity index (χ2n) is 15.9. The molecule has 8 aliphatic rings. The number of rotatable bonds is 5. The Balaban J connectivity index is 1.32. The molecule has 8 saturated carbocycles. The lowest BCUT2D eigenvalue weighted by atomic mass is 9.55. The van der Waals surface area contributed by atoms with Crippen LogP contribution < -0.4 is 10.9 Å². The quantitative estimate of drug-likeness (QED) is 0.364. The van der Waals surface area contributed by atoms with E-state index in [1.807, 2.05) is 0 Å². The van der Waals surface area contributed by atoms with E-state index in [0.29, 0.717) is 15.7 Å². The van der Waals surface area contributed by atoms with Gasteiger partial charge in [0.15, 0.2) is 0 Å². The van der Waals surface area contributed by atoms with Crippen molar-refractivity contribution in [2.24, 2.45) is 40.9 Å². The minimum Gasteiger partial charge on any atom is -0.244 e. The Kier molecular flexibility index (Phi) is 5.54. The van der Waals surface area contributed by atoms with Gasteiger partial charge in [-0.3, -0.25) is 0 Å². The van der Waals surface area contributed by atoms with Gasteiger partial charge in [-0.2, -0.15) is 0 Å². The largest absolute Gasteiger partial charge is 0.244 e. The van der Waals surface area contributed by atoms with Crippen LogP contribution in [0, 0.1) is 40.9 Å². The number of aromatic nitrogens is 2. The molecule has 0 radical (unpaired) electrons. The Bertz CT molecular complexity index is 1100. The summed E-state index contributed by atoms with van der Waals surface area (Å²) in [5.41, 5.74) is 5.65. The fraction of sp³-hybridized carbons (Fsp3) is 0.758. The highest BCUT2D eigenvalue weighted by Gasteiger charge is 2.64. The molecule has 1 unspecified atom stereocenters. The van der Waals surface area contributed by atoms with Crippen molar-refractivity contribution in [1.29, 1.82) is 0 Å². The van der Waals surface area contributed by atoms with Gasteiger partial charge in [-0.05, 0) is 155 Å². The van der Waals surface area contributed by atoms with Crippen molar-refractivity contribution < 1.29 is 0 Å². The first-order valence-electron chi connectivity index (χ1n) is 15.6. The lowest BCUT2D eigenvalue weighted by Crippen LogP contribution is -2.59. The van der Waals surface area contributed by atoms with E-state index in [-0.39, 0.29) is 7.92 Å². The fourth-order valence-corrected chi connectivity index (χ4v) is 17.9. The first-order chi connectivity index (χ1) is 17.8. The SMILES string of the molecule is CC(C)(C)CPc1nc2ccccc2nc1P(C12CC3CC(CC(C3)C1)C2)C12CC3CC(CC(C3)C1)C2. The number of para-hydroxylation sites is 2. The zero-order valence-electron chi connectivity index (χ0n) is 23.3. The van der Waals surface area contributed by atoms with E-state index < -0.39 is 0 Å². The highest BCUT2D eigenvalue weighted by molar-refractivity contribution is 7.70. The maximum atomic E-state index is 5.76. The molecule has 0 amide bonds. The summed E-state index contributed by atoms with van der Waals surface area (Å²) in [7, 11) is 0.479. The minimum absolute atomic E-state index is 0.312. The topological polar surface area (TPSA) is 25.8 Å². The molecule has 2 aromatic rings. The molecule has 8 fully saturated rings. The number of nitrogens with zero attached hydrogens (tertiary/aromatic N) is 2. The van der Waals surface area contributed by atoms with Gasteiger partial charge in [0.2, 0.25) is 0 Å². The van der Waals surface area contributed by atoms with E-state index in [4.69, 9.17) is 9.97 Å². The lowest BCUT2D eigenvalue weighted by molar-refractivity contribution is 0.0195. The first kappa shape index (κ1) is 24.2. The second-order valence-corrected chi connectivity index (χ2v) is 20.1. The summed E-state index contributed by atoms with van der Waals surface area (Å²) in [6.45, 7) is 7.24. The van der Waals surface area contributed by atoms with Crippen LogP contribution in [0.15, 0.2) is 24.3 Å². The van der Waals surface area contributed by atoms with Crippen LogP contribution in [0.3, 0.4) is 0 Å². The molecular formula is C33H46N2P2. The molecule has 1 aromatic carbocycles. The van der Waals surface area contributed by atoms with E-state index in [1.54, 1.807) is 44.0 Å². The van der Waals surface area contributed by atoms with Crippen molar-refractivity contribution >= 4 is 38.4 Å². The smallest absolute Gasteiger partial charge is 0.0905 e. The van der Waals surface area contributed by atoms with Gasteiger partial charge in [0, 0.05) is 0 Å². The molecule has 2 nitrogen and oxygen atoms in total. The minimum atomic E-state index is -0.312. The van der Waals surface area contributed by atoms with Crippen LogP contribution in [-0.4, -0.2) is 26.4 Å². The first-order valence-corrected chi connectivity index (χ1v) is 18.1. The highest BCUT2D eigenvalue weighted by atomic mass is 31.1. The van der Waals surface area contributed by atoms with Crippen LogP contribution in [0.5, 0.6) is 0 Å². The van der Waals surface area contributed by atoms with Gasteiger partial charge >= 0.3 is 0 Å². The van der Waals surface area contributed by atoms with E-state index >= 15 is 0 Å². The van der Waals surface area contributed by atoms with E-state index in [0.717, 1.165) is 49.6 Å². The Morgan fingerprint density at radius 3 is 1.51 bits per heavy atom. The van der Waals surface area contributed by atoms with Gasteiger partial charge in [0.05, 0.1) is 21.9 Å². The Morgan fingerprint density at radius 2 is 1.11 bits per heavy atom. The third kappa shape index (κ3) is 4.08. The molecular weight excluding hydrogens is 486 g/mol. The van der Waals surface area contributed by atoms with Crippen molar-refractivity contribution in [2.75, 3.05) is 6.16 Å². The maximum Gasteiger partial charge on any atom is 0.0905 e. The average Bonchev–Trinajstić information content (AvgIpc) is 2.80. The van der Waals surface area contributed by atoms with Crippen molar-refractivity contribution in [1.82, 2.24) is 9.97 Å². The zero-order chi connectivity index (χ0) is 25.0. The van der Waals surface area contributed by atoms with Crippen LogP contribution in [0.2, 0.25) is 0 Å². The Hall–Kier alpha value is -0.580. The van der Waals surface area contributed by atoms with Gasteiger partial charge < -0.3 is 0 Å². The average molecular weight is 533 g/mol. The molecule has 0 spiro atoms. The molecule has 198 valence electrons. The van der Waals surface area contributed by atoms with Crippen LogP contribution in [0.1, 0.15) is 97.8 Å². The van der Waals surface area contributed by atoms with Gasteiger partial charge in [0.1, 0.15) is 0 Å². The molecule has 37 heavy (non-hydrogen) atoms. The predicted octanol–water partition coefficient (Wildman–Crippen LogP) is 8.02. The summed E-state index contributed by atoms with van der Waals surface area (Å²) in [5, 5.41) is 1.13. The van der Waals surface area contributed by atoms with Crippen molar-refractivity contribution in [3.8, 4) is 0 Å². The Labute approximate surface area is 227 Å². The van der Waals surface area contributed by atoms with Crippen LogP contribution in [0.25, 0.3) is 11.0 Å².